The molecule has 1 aromatic carbocycles. The second kappa shape index (κ2) is 8.59. The van der Waals surface area contributed by atoms with E-state index >= 15 is 0 Å². The van der Waals surface area contributed by atoms with E-state index in [1.54, 1.807) is 0 Å². The van der Waals surface area contributed by atoms with Crippen molar-refractivity contribution in [3.05, 3.63) is 35.2 Å². The lowest BCUT2D eigenvalue weighted by Gasteiger charge is -2.14. The molecule has 0 bridgehead atoms. The van der Waals surface area contributed by atoms with Crippen molar-refractivity contribution in [2.24, 2.45) is 0 Å². The Bertz CT molecular complexity index is 668. The molecule has 0 aliphatic carbocycles. The SMILES string of the molecule is CCOc1ccc(OCC)c(NCc2c(C)nn(CCO)c2C)c1. The molecule has 24 heavy (non-hydrogen) atoms. The molecule has 0 saturated heterocycles. The number of rotatable bonds is 9. The Kier molecular flexibility index (Phi) is 6.49. The van der Waals surface area contributed by atoms with E-state index in [1.807, 2.05) is 50.6 Å². The fraction of sp³-hybridized carbons (Fsp3) is 0.500. The van der Waals surface area contributed by atoms with Gasteiger partial charge in [0.1, 0.15) is 11.5 Å². The van der Waals surface area contributed by atoms with Crippen LogP contribution in [0.4, 0.5) is 5.69 Å². The number of aliphatic hydroxyl groups is 1. The maximum Gasteiger partial charge on any atom is 0.142 e. The largest absolute Gasteiger partial charge is 0.494 e. The molecule has 6 nitrogen and oxygen atoms in total. The molecule has 0 atom stereocenters. The highest BCUT2D eigenvalue weighted by atomic mass is 16.5. The summed E-state index contributed by atoms with van der Waals surface area (Å²) in [5.74, 6) is 1.62. The van der Waals surface area contributed by atoms with Gasteiger partial charge in [0.15, 0.2) is 0 Å². The zero-order valence-electron chi connectivity index (χ0n) is 14.9. The summed E-state index contributed by atoms with van der Waals surface area (Å²) in [6, 6.07) is 5.79. The van der Waals surface area contributed by atoms with Crippen LogP contribution in [-0.2, 0) is 13.1 Å². The van der Waals surface area contributed by atoms with Crippen molar-refractivity contribution in [2.45, 2.75) is 40.8 Å². The summed E-state index contributed by atoms with van der Waals surface area (Å²) in [5, 5.41) is 17.0. The third-order valence-corrected chi connectivity index (χ3v) is 3.86. The van der Waals surface area contributed by atoms with Crippen molar-refractivity contribution in [1.82, 2.24) is 9.78 Å². The second-order valence-corrected chi connectivity index (χ2v) is 5.47. The number of benzene rings is 1. The zero-order chi connectivity index (χ0) is 17.5. The smallest absolute Gasteiger partial charge is 0.142 e. The number of hydrogen-bond donors (Lipinski definition) is 2. The standard InChI is InChI=1S/C18H27N3O3/c1-5-23-15-7-8-18(24-6-2)17(11-15)19-12-16-13(3)20-21(9-10-22)14(16)4/h7-8,11,19,22H,5-6,9-10,12H2,1-4H3. The van der Waals surface area contributed by atoms with Gasteiger partial charge in [0, 0.05) is 23.9 Å². The number of aryl methyl sites for hydroxylation is 1. The first-order valence-corrected chi connectivity index (χ1v) is 8.37. The highest BCUT2D eigenvalue weighted by molar-refractivity contribution is 5.60. The van der Waals surface area contributed by atoms with Crippen LogP contribution in [0, 0.1) is 13.8 Å². The minimum Gasteiger partial charge on any atom is -0.494 e. The van der Waals surface area contributed by atoms with Crippen LogP contribution in [0.2, 0.25) is 0 Å². The van der Waals surface area contributed by atoms with E-state index in [4.69, 9.17) is 14.6 Å². The number of anilines is 1. The first-order chi connectivity index (χ1) is 11.6. The van der Waals surface area contributed by atoms with Gasteiger partial charge in [-0.2, -0.15) is 5.10 Å². The van der Waals surface area contributed by atoms with Crippen LogP contribution in [0.1, 0.15) is 30.8 Å². The van der Waals surface area contributed by atoms with Crippen molar-refractivity contribution in [3.8, 4) is 11.5 Å². The number of nitrogens with one attached hydrogen (secondary N) is 1. The van der Waals surface area contributed by atoms with E-state index in [-0.39, 0.29) is 6.61 Å². The average molecular weight is 333 g/mol. The molecule has 2 rings (SSSR count). The highest BCUT2D eigenvalue weighted by Gasteiger charge is 2.12. The van der Waals surface area contributed by atoms with Gasteiger partial charge < -0.3 is 19.9 Å². The van der Waals surface area contributed by atoms with Crippen molar-refractivity contribution in [1.29, 1.82) is 0 Å². The van der Waals surface area contributed by atoms with Crippen molar-refractivity contribution < 1.29 is 14.6 Å². The maximum atomic E-state index is 9.12. The fourth-order valence-electron chi connectivity index (χ4n) is 2.67. The van der Waals surface area contributed by atoms with Crippen LogP contribution in [-0.4, -0.2) is 34.7 Å². The molecule has 1 heterocycles. The predicted octanol–water partition coefficient (Wildman–Crippen LogP) is 2.90. The summed E-state index contributed by atoms with van der Waals surface area (Å²) >= 11 is 0. The Morgan fingerprint density at radius 2 is 1.92 bits per heavy atom. The van der Waals surface area contributed by atoms with E-state index < -0.39 is 0 Å². The summed E-state index contributed by atoms with van der Waals surface area (Å²) in [6.45, 7) is 10.4. The Hall–Kier alpha value is -2.21. The lowest BCUT2D eigenvalue weighted by atomic mass is 10.2. The molecule has 0 aliphatic rings. The van der Waals surface area contributed by atoms with Crippen molar-refractivity contribution in [2.75, 3.05) is 25.1 Å². The van der Waals surface area contributed by atoms with Crippen LogP contribution in [0.5, 0.6) is 11.5 Å². The maximum absolute atomic E-state index is 9.12. The average Bonchev–Trinajstić information content (AvgIpc) is 2.82. The molecule has 2 N–H and O–H groups in total. The van der Waals surface area contributed by atoms with Gasteiger partial charge in [-0.25, -0.2) is 0 Å². The van der Waals surface area contributed by atoms with Crippen LogP contribution in [0.3, 0.4) is 0 Å². The van der Waals surface area contributed by atoms with Gasteiger partial charge in [0.25, 0.3) is 0 Å². The Morgan fingerprint density at radius 3 is 2.58 bits per heavy atom. The zero-order valence-corrected chi connectivity index (χ0v) is 14.9. The van der Waals surface area contributed by atoms with E-state index in [2.05, 4.69) is 10.4 Å². The van der Waals surface area contributed by atoms with Gasteiger partial charge in [-0.05, 0) is 39.8 Å². The predicted molar refractivity (Wildman–Crippen MR) is 94.9 cm³/mol. The molecular formula is C18H27N3O3. The topological polar surface area (TPSA) is 68.5 Å². The van der Waals surface area contributed by atoms with Gasteiger partial charge in [-0.1, -0.05) is 0 Å². The third-order valence-electron chi connectivity index (χ3n) is 3.86. The molecule has 2 aromatic rings. The lowest BCUT2D eigenvalue weighted by molar-refractivity contribution is 0.268. The minimum atomic E-state index is 0.0831. The van der Waals surface area contributed by atoms with Crippen LogP contribution >= 0.6 is 0 Å². The van der Waals surface area contributed by atoms with Gasteiger partial charge in [-0.3, -0.25) is 4.68 Å². The summed E-state index contributed by atoms with van der Waals surface area (Å²) < 4.78 is 13.1. The minimum absolute atomic E-state index is 0.0831. The number of aliphatic hydroxyl groups excluding tert-OH is 1. The first-order valence-electron chi connectivity index (χ1n) is 8.37. The molecular weight excluding hydrogens is 306 g/mol. The third kappa shape index (κ3) is 4.20. The van der Waals surface area contributed by atoms with Gasteiger partial charge >= 0.3 is 0 Å². The Morgan fingerprint density at radius 1 is 1.17 bits per heavy atom. The summed E-state index contributed by atoms with van der Waals surface area (Å²) in [7, 11) is 0. The Balaban J connectivity index is 2.20. The quantitative estimate of drug-likeness (QED) is 0.738. The van der Waals surface area contributed by atoms with Gasteiger partial charge in [0.05, 0.1) is 37.7 Å². The van der Waals surface area contributed by atoms with E-state index in [9.17, 15) is 0 Å². The van der Waals surface area contributed by atoms with Gasteiger partial charge in [-0.15, -0.1) is 0 Å². The number of nitrogens with zero attached hydrogens (tertiary/aromatic N) is 2. The molecule has 0 amide bonds. The molecule has 0 unspecified atom stereocenters. The van der Waals surface area contributed by atoms with Crippen LogP contribution in [0.25, 0.3) is 0 Å². The second-order valence-electron chi connectivity index (χ2n) is 5.47. The molecule has 0 saturated carbocycles. The van der Waals surface area contributed by atoms with Crippen LogP contribution < -0.4 is 14.8 Å². The van der Waals surface area contributed by atoms with Crippen molar-refractivity contribution >= 4 is 5.69 Å². The first kappa shape index (κ1) is 18.1. The molecule has 0 fully saturated rings. The molecule has 132 valence electrons. The Labute approximate surface area is 143 Å². The highest BCUT2D eigenvalue weighted by Crippen LogP contribution is 2.30. The summed E-state index contributed by atoms with van der Waals surface area (Å²) in [5.41, 5.74) is 4.06. The number of hydrogen-bond acceptors (Lipinski definition) is 5. The lowest BCUT2D eigenvalue weighted by Crippen LogP contribution is -2.07. The monoisotopic (exact) mass is 333 g/mol. The normalized spacial score (nSPS) is 10.7. The van der Waals surface area contributed by atoms with E-state index in [0.29, 0.717) is 26.3 Å². The van der Waals surface area contributed by atoms with E-state index in [0.717, 1.165) is 34.1 Å². The molecule has 6 heteroatoms. The molecule has 1 aromatic heterocycles. The molecule has 0 radical (unpaired) electrons. The molecule has 0 aliphatic heterocycles. The van der Waals surface area contributed by atoms with Crippen molar-refractivity contribution in [3.63, 3.8) is 0 Å². The van der Waals surface area contributed by atoms with E-state index in [1.165, 1.54) is 0 Å². The summed E-state index contributed by atoms with van der Waals surface area (Å²) in [6.07, 6.45) is 0. The fourth-order valence-corrected chi connectivity index (χ4v) is 2.67. The number of aromatic nitrogens is 2. The molecule has 0 spiro atoms. The summed E-state index contributed by atoms with van der Waals surface area (Å²) in [4.78, 5) is 0. The van der Waals surface area contributed by atoms with Gasteiger partial charge in [0.2, 0.25) is 0 Å². The van der Waals surface area contributed by atoms with Crippen LogP contribution in [0.15, 0.2) is 18.2 Å². The number of ether oxygens (including phenoxy) is 2.